The van der Waals surface area contributed by atoms with Crippen LogP contribution in [-0.4, -0.2) is 26.2 Å². The lowest BCUT2D eigenvalue weighted by atomic mass is 10.3. The van der Waals surface area contributed by atoms with Crippen LogP contribution < -0.4 is 14.4 Å². The Hall–Kier alpha value is -2.00. The molecule has 1 aliphatic rings. The minimum absolute atomic E-state index is 0.780. The van der Waals surface area contributed by atoms with Gasteiger partial charge in [0.15, 0.2) is 0 Å². The van der Waals surface area contributed by atoms with Gasteiger partial charge in [0.05, 0.1) is 26.2 Å². The summed E-state index contributed by atoms with van der Waals surface area (Å²) in [6, 6.07) is 17.7. The normalized spacial score (nSPS) is 14.8. The highest BCUT2D eigenvalue weighted by molar-refractivity contribution is 5.36. The number of hydrogen-bond acceptors (Lipinski definition) is 2. The lowest BCUT2D eigenvalue weighted by molar-refractivity contribution is -0.887. The van der Waals surface area contributed by atoms with Gasteiger partial charge in [0, 0.05) is 18.9 Å². The molecule has 0 amide bonds. The Balaban J connectivity index is 1.40. The largest absolute Gasteiger partial charge is 0.493 e. The summed E-state index contributed by atoms with van der Waals surface area (Å²) in [6.07, 6.45) is 5.17. The summed E-state index contributed by atoms with van der Waals surface area (Å²) >= 11 is 0. The van der Waals surface area contributed by atoms with E-state index in [0.717, 1.165) is 30.3 Å². The number of benzene rings is 2. The fourth-order valence-corrected chi connectivity index (χ4v) is 3.04. The van der Waals surface area contributed by atoms with Crippen molar-refractivity contribution in [3.63, 3.8) is 0 Å². The van der Waals surface area contributed by atoms with Crippen LogP contribution in [0.2, 0.25) is 0 Å². The number of unbranched alkanes of at least 4 members (excludes halogenated alkanes) is 1. The lowest BCUT2D eigenvalue weighted by Gasteiger charge is -2.12. The van der Waals surface area contributed by atoms with Crippen LogP contribution in [0.3, 0.4) is 0 Å². The van der Waals surface area contributed by atoms with Crippen LogP contribution in [0.5, 0.6) is 17.2 Å². The average Bonchev–Trinajstić information content (AvgIpc) is 3.09. The van der Waals surface area contributed by atoms with Crippen LogP contribution in [0.1, 0.15) is 25.7 Å². The van der Waals surface area contributed by atoms with Crippen LogP contribution in [0.15, 0.2) is 54.6 Å². The number of ether oxygens (including phenoxy) is 2. The monoisotopic (exact) mass is 312 g/mol. The van der Waals surface area contributed by atoms with E-state index in [1.54, 1.807) is 4.90 Å². The summed E-state index contributed by atoms with van der Waals surface area (Å²) in [6.45, 7) is 4.79. The Kier molecular flexibility index (Phi) is 5.93. The number of rotatable bonds is 8. The molecule has 1 N–H and O–H groups in total. The zero-order valence-corrected chi connectivity index (χ0v) is 13.7. The Labute approximate surface area is 138 Å². The van der Waals surface area contributed by atoms with E-state index in [1.807, 2.05) is 54.6 Å². The van der Waals surface area contributed by atoms with Gasteiger partial charge in [0.2, 0.25) is 0 Å². The standard InChI is InChI=1S/C20H25NO2/c1-2-9-18(10-3-1)23-20-12-8-11-19(17-20)22-16-7-6-15-21-13-4-5-14-21/h1-3,8-12,17H,4-7,13-16H2/p+1. The molecule has 1 saturated heterocycles. The summed E-state index contributed by atoms with van der Waals surface area (Å²) in [5, 5.41) is 0. The summed E-state index contributed by atoms with van der Waals surface area (Å²) in [5.74, 6) is 2.54. The van der Waals surface area contributed by atoms with E-state index in [2.05, 4.69) is 0 Å². The first-order chi connectivity index (χ1) is 11.4. The predicted molar refractivity (Wildman–Crippen MR) is 92.5 cm³/mol. The molecule has 0 aliphatic carbocycles. The molecule has 122 valence electrons. The highest BCUT2D eigenvalue weighted by Gasteiger charge is 2.13. The third-order valence-electron chi connectivity index (χ3n) is 4.29. The summed E-state index contributed by atoms with van der Waals surface area (Å²) in [7, 11) is 0. The average molecular weight is 312 g/mol. The number of likely N-dealkylation sites (tertiary alicyclic amines) is 1. The van der Waals surface area contributed by atoms with Gasteiger partial charge in [-0.2, -0.15) is 0 Å². The molecular formula is C20H26NO2+. The summed E-state index contributed by atoms with van der Waals surface area (Å²) in [5.41, 5.74) is 0. The minimum Gasteiger partial charge on any atom is -0.493 e. The lowest BCUT2D eigenvalue weighted by Crippen LogP contribution is -3.09. The molecule has 2 aromatic rings. The van der Waals surface area contributed by atoms with Crippen molar-refractivity contribution in [1.29, 1.82) is 0 Å². The van der Waals surface area contributed by atoms with E-state index in [1.165, 1.54) is 38.9 Å². The van der Waals surface area contributed by atoms with Gasteiger partial charge in [-0.1, -0.05) is 24.3 Å². The maximum atomic E-state index is 5.86. The van der Waals surface area contributed by atoms with E-state index in [-0.39, 0.29) is 0 Å². The van der Waals surface area contributed by atoms with Gasteiger partial charge in [-0.05, 0) is 37.1 Å². The van der Waals surface area contributed by atoms with Gasteiger partial charge in [-0.25, -0.2) is 0 Å². The third-order valence-corrected chi connectivity index (χ3v) is 4.29. The van der Waals surface area contributed by atoms with E-state index < -0.39 is 0 Å². The fraction of sp³-hybridized carbons (Fsp3) is 0.400. The molecule has 1 aliphatic heterocycles. The van der Waals surface area contributed by atoms with Crippen molar-refractivity contribution in [2.24, 2.45) is 0 Å². The molecule has 3 nitrogen and oxygen atoms in total. The molecule has 0 spiro atoms. The van der Waals surface area contributed by atoms with Crippen LogP contribution in [0, 0.1) is 0 Å². The van der Waals surface area contributed by atoms with Crippen molar-refractivity contribution in [1.82, 2.24) is 0 Å². The summed E-state index contributed by atoms with van der Waals surface area (Å²) in [4.78, 5) is 1.77. The van der Waals surface area contributed by atoms with Gasteiger partial charge in [-0.15, -0.1) is 0 Å². The van der Waals surface area contributed by atoms with E-state index >= 15 is 0 Å². The SMILES string of the molecule is c1ccc(Oc2cccc(OCCCC[NH+]3CCCC3)c2)cc1. The first kappa shape index (κ1) is 15.9. The quantitative estimate of drug-likeness (QED) is 0.756. The van der Waals surface area contributed by atoms with E-state index in [4.69, 9.17) is 9.47 Å². The van der Waals surface area contributed by atoms with Gasteiger partial charge in [0.1, 0.15) is 17.2 Å². The van der Waals surface area contributed by atoms with Crippen molar-refractivity contribution in [3.05, 3.63) is 54.6 Å². The highest BCUT2D eigenvalue weighted by atomic mass is 16.5. The van der Waals surface area contributed by atoms with Gasteiger partial charge < -0.3 is 14.4 Å². The zero-order chi connectivity index (χ0) is 15.7. The zero-order valence-electron chi connectivity index (χ0n) is 13.7. The molecule has 1 fully saturated rings. The highest BCUT2D eigenvalue weighted by Crippen LogP contribution is 2.25. The predicted octanol–water partition coefficient (Wildman–Crippen LogP) is 3.32. The van der Waals surface area contributed by atoms with Crippen molar-refractivity contribution < 1.29 is 14.4 Å². The molecule has 0 atom stereocenters. The number of hydrogen-bond donors (Lipinski definition) is 1. The van der Waals surface area contributed by atoms with Gasteiger partial charge in [0.25, 0.3) is 0 Å². The molecule has 0 saturated carbocycles. The summed E-state index contributed by atoms with van der Waals surface area (Å²) < 4.78 is 11.7. The minimum atomic E-state index is 0.780. The van der Waals surface area contributed by atoms with Crippen molar-refractivity contribution in [3.8, 4) is 17.2 Å². The number of nitrogens with one attached hydrogen (secondary N) is 1. The first-order valence-electron chi connectivity index (χ1n) is 8.69. The van der Waals surface area contributed by atoms with E-state index in [9.17, 15) is 0 Å². The maximum Gasteiger partial charge on any atom is 0.131 e. The molecule has 0 aromatic heterocycles. The van der Waals surface area contributed by atoms with Crippen molar-refractivity contribution >= 4 is 0 Å². The topological polar surface area (TPSA) is 22.9 Å². The Morgan fingerprint density at radius 1 is 0.783 bits per heavy atom. The molecule has 0 radical (unpaired) electrons. The van der Waals surface area contributed by atoms with Gasteiger partial charge in [-0.3, -0.25) is 0 Å². The molecule has 1 heterocycles. The molecule has 2 aromatic carbocycles. The molecule has 0 unspecified atom stereocenters. The third kappa shape index (κ3) is 5.29. The molecule has 23 heavy (non-hydrogen) atoms. The Bertz CT molecular complexity index is 579. The molecule has 0 bridgehead atoms. The second-order valence-corrected chi connectivity index (χ2v) is 6.15. The smallest absolute Gasteiger partial charge is 0.131 e. The van der Waals surface area contributed by atoms with Gasteiger partial charge >= 0.3 is 0 Å². The van der Waals surface area contributed by atoms with Crippen LogP contribution in [0.4, 0.5) is 0 Å². The molecule has 3 rings (SSSR count). The van der Waals surface area contributed by atoms with Crippen LogP contribution in [0.25, 0.3) is 0 Å². The first-order valence-corrected chi connectivity index (χ1v) is 8.69. The van der Waals surface area contributed by atoms with Crippen LogP contribution in [-0.2, 0) is 0 Å². The van der Waals surface area contributed by atoms with Crippen molar-refractivity contribution in [2.45, 2.75) is 25.7 Å². The Morgan fingerprint density at radius 2 is 1.52 bits per heavy atom. The number of quaternary nitrogens is 1. The maximum absolute atomic E-state index is 5.86. The van der Waals surface area contributed by atoms with Crippen LogP contribution >= 0.6 is 0 Å². The fourth-order valence-electron chi connectivity index (χ4n) is 3.04. The Morgan fingerprint density at radius 3 is 2.35 bits per heavy atom. The second-order valence-electron chi connectivity index (χ2n) is 6.15. The number of para-hydroxylation sites is 1. The second kappa shape index (κ2) is 8.59. The van der Waals surface area contributed by atoms with E-state index in [0.29, 0.717) is 0 Å². The molecular weight excluding hydrogens is 286 g/mol. The molecule has 3 heteroatoms. The van der Waals surface area contributed by atoms with Crippen molar-refractivity contribution in [2.75, 3.05) is 26.2 Å².